The molecule has 0 aliphatic carbocycles. The molecular formula is C17H16BrN3O2. The monoisotopic (exact) mass is 373 g/mol. The van der Waals surface area contributed by atoms with E-state index in [1.54, 1.807) is 12.3 Å². The summed E-state index contributed by atoms with van der Waals surface area (Å²) < 4.78 is 12.1. The average molecular weight is 374 g/mol. The highest BCUT2D eigenvalue weighted by molar-refractivity contribution is 9.10. The molecular weight excluding hydrogens is 358 g/mol. The lowest BCUT2D eigenvalue weighted by Gasteiger charge is -2.06. The van der Waals surface area contributed by atoms with E-state index in [0.717, 1.165) is 21.7 Å². The molecule has 0 aliphatic rings. The van der Waals surface area contributed by atoms with Crippen molar-refractivity contribution in [2.24, 2.45) is 5.73 Å². The zero-order chi connectivity index (χ0) is 16.4. The summed E-state index contributed by atoms with van der Waals surface area (Å²) >= 11 is 3.54. The molecule has 3 rings (SSSR count). The Labute approximate surface area is 142 Å². The van der Waals surface area contributed by atoms with Gasteiger partial charge in [0.1, 0.15) is 22.7 Å². The van der Waals surface area contributed by atoms with Gasteiger partial charge < -0.3 is 19.9 Å². The predicted molar refractivity (Wildman–Crippen MR) is 93.0 cm³/mol. The summed E-state index contributed by atoms with van der Waals surface area (Å²) in [7, 11) is 0. The van der Waals surface area contributed by atoms with Crippen LogP contribution in [-0.2, 0) is 13.0 Å². The van der Waals surface area contributed by atoms with Crippen LogP contribution in [-0.4, -0.2) is 11.0 Å². The number of rotatable bonds is 5. The van der Waals surface area contributed by atoms with Crippen LogP contribution in [0.15, 0.2) is 37.8 Å². The molecule has 0 saturated heterocycles. The molecule has 3 aromatic heterocycles. The minimum atomic E-state index is -0.0153. The Morgan fingerprint density at radius 1 is 1.52 bits per heavy atom. The number of nitrogens with two attached hydrogens (primary N) is 1. The van der Waals surface area contributed by atoms with E-state index in [1.807, 2.05) is 19.1 Å². The second-order valence-electron chi connectivity index (χ2n) is 5.33. The first-order valence-corrected chi connectivity index (χ1v) is 7.98. The first-order chi connectivity index (χ1) is 11.1. The predicted octanol–water partition coefficient (Wildman–Crippen LogP) is 3.67. The minimum Gasteiger partial charge on any atom is -0.467 e. The Hall–Kier alpha value is -2.23. The van der Waals surface area contributed by atoms with Gasteiger partial charge in [0.25, 0.3) is 0 Å². The maximum atomic E-state index is 5.96. The second-order valence-corrected chi connectivity index (χ2v) is 6.12. The number of pyridine rings is 1. The molecule has 0 spiro atoms. The Morgan fingerprint density at radius 3 is 3.00 bits per heavy atom. The number of anilines is 1. The van der Waals surface area contributed by atoms with E-state index < -0.39 is 0 Å². The average Bonchev–Trinajstić information content (AvgIpc) is 3.14. The molecule has 3 heterocycles. The smallest absolute Gasteiger partial charge is 0.177 e. The van der Waals surface area contributed by atoms with Crippen molar-refractivity contribution in [3.8, 4) is 12.3 Å². The van der Waals surface area contributed by atoms with E-state index in [9.17, 15) is 0 Å². The Kier molecular flexibility index (Phi) is 4.42. The zero-order valence-corrected chi connectivity index (χ0v) is 14.2. The van der Waals surface area contributed by atoms with Gasteiger partial charge in [-0.25, -0.2) is 4.98 Å². The summed E-state index contributed by atoms with van der Waals surface area (Å²) in [5.41, 5.74) is 8.52. The van der Waals surface area contributed by atoms with Crippen LogP contribution in [0.4, 0.5) is 5.69 Å². The van der Waals surface area contributed by atoms with Crippen molar-refractivity contribution in [3.05, 3.63) is 46.1 Å². The summed E-state index contributed by atoms with van der Waals surface area (Å²) in [4.78, 5) is 4.45. The van der Waals surface area contributed by atoms with E-state index in [1.165, 1.54) is 0 Å². The quantitative estimate of drug-likeness (QED) is 0.667. The topological polar surface area (TPSA) is 77.2 Å². The number of halogens is 1. The summed E-state index contributed by atoms with van der Waals surface area (Å²) in [5, 5.41) is 3.28. The number of hydrogen-bond acceptors (Lipinski definition) is 5. The van der Waals surface area contributed by atoms with Crippen LogP contribution in [0.2, 0.25) is 0 Å². The van der Waals surface area contributed by atoms with Gasteiger partial charge in [-0.15, -0.1) is 6.42 Å². The Bertz CT molecular complexity index is 860. The first-order valence-electron chi connectivity index (χ1n) is 7.19. The summed E-state index contributed by atoms with van der Waals surface area (Å²) in [6.45, 7) is 2.45. The highest BCUT2D eigenvalue weighted by atomic mass is 79.9. The highest BCUT2D eigenvalue weighted by Gasteiger charge is 2.18. The van der Waals surface area contributed by atoms with Gasteiger partial charge in [0.15, 0.2) is 5.58 Å². The molecule has 3 aromatic rings. The van der Waals surface area contributed by atoms with Crippen molar-refractivity contribution in [2.45, 2.75) is 25.9 Å². The third-order valence-electron chi connectivity index (χ3n) is 3.34. The fourth-order valence-electron chi connectivity index (χ4n) is 2.31. The van der Waals surface area contributed by atoms with Crippen molar-refractivity contribution in [2.75, 3.05) is 5.32 Å². The molecule has 0 amide bonds. The van der Waals surface area contributed by atoms with Crippen molar-refractivity contribution in [1.82, 2.24) is 4.98 Å². The summed E-state index contributed by atoms with van der Waals surface area (Å²) in [6, 6.07) is 5.51. The van der Waals surface area contributed by atoms with E-state index in [2.05, 4.69) is 32.2 Å². The third-order valence-corrected chi connectivity index (χ3v) is 4.16. The molecule has 23 heavy (non-hydrogen) atoms. The number of nitrogens with one attached hydrogen (secondary N) is 1. The minimum absolute atomic E-state index is 0.0153. The number of terminal acetylenes is 1. The Morgan fingerprint density at radius 2 is 2.35 bits per heavy atom. The molecule has 0 aromatic carbocycles. The van der Waals surface area contributed by atoms with Gasteiger partial charge in [-0.1, -0.05) is 5.92 Å². The molecule has 6 heteroatoms. The van der Waals surface area contributed by atoms with Crippen LogP contribution in [0, 0.1) is 12.3 Å². The SMILES string of the molecule is C#Cc1cc(NCc2ccco2)c2oc(C[C@H](C)N)c(Br)c2n1. The van der Waals surface area contributed by atoms with Gasteiger partial charge in [0.05, 0.1) is 23.0 Å². The largest absolute Gasteiger partial charge is 0.467 e. The molecule has 118 valence electrons. The summed E-state index contributed by atoms with van der Waals surface area (Å²) in [5.74, 6) is 4.15. The normalized spacial score (nSPS) is 12.3. The molecule has 0 aliphatic heterocycles. The maximum Gasteiger partial charge on any atom is 0.177 e. The maximum absolute atomic E-state index is 5.96. The molecule has 0 unspecified atom stereocenters. The van der Waals surface area contributed by atoms with Crippen LogP contribution in [0.25, 0.3) is 11.1 Å². The van der Waals surface area contributed by atoms with Gasteiger partial charge in [-0.3, -0.25) is 0 Å². The van der Waals surface area contributed by atoms with E-state index in [-0.39, 0.29) is 6.04 Å². The molecule has 0 bridgehead atoms. The van der Waals surface area contributed by atoms with Gasteiger partial charge in [0.2, 0.25) is 0 Å². The van der Waals surface area contributed by atoms with Crippen molar-refractivity contribution in [1.29, 1.82) is 0 Å². The first kappa shape index (κ1) is 15.7. The third kappa shape index (κ3) is 3.26. The Balaban J connectivity index is 2.02. The van der Waals surface area contributed by atoms with E-state index in [4.69, 9.17) is 21.0 Å². The lowest BCUT2D eigenvalue weighted by atomic mass is 10.2. The van der Waals surface area contributed by atoms with E-state index >= 15 is 0 Å². The van der Waals surface area contributed by atoms with Gasteiger partial charge in [-0.05, 0) is 41.1 Å². The van der Waals surface area contributed by atoms with Gasteiger partial charge in [-0.2, -0.15) is 0 Å². The molecule has 3 N–H and O–H groups in total. The molecule has 0 fully saturated rings. The fourth-order valence-corrected chi connectivity index (χ4v) is 2.82. The van der Waals surface area contributed by atoms with Crippen LogP contribution < -0.4 is 11.1 Å². The lowest BCUT2D eigenvalue weighted by Crippen LogP contribution is -2.17. The van der Waals surface area contributed by atoms with Crippen molar-refractivity contribution >= 4 is 32.7 Å². The van der Waals surface area contributed by atoms with E-state index in [0.29, 0.717) is 29.8 Å². The van der Waals surface area contributed by atoms with Crippen LogP contribution in [0.1, 0.15) is 24.1 Å². The van der Waals surface area contributed by atoms with Crippen LogP contribution in [0.5, 0.6) is 0 Å². The fraction of sp³-hybridized carbons (Fsp3) is 0.235. The molecule has 1 atom stereocenters. The molecule has 0 saturated carbocycles. The second kappa shape index (κ2) is 6.49. The molecule has 5 nitrogen and oxygen atoms in total. The summed E-state index contributed by atoms with van der Waals surface area (Å²) in [6.07, 6.45) is 7.76. The van der Waals surface area contributed by atoms with Crippen molar-refractivity contribution in [3.63, 3.8) is 0 Å². The van der Waals surface area contributed by atoms with Crippen LogP contribution in [0.3, 0.4) is 0 Å². The lowest BCUT2D eigenvalue weighted by molar-refractivity contribution is 0.516. The number of fused-ring (bicyclic) bond motifs is 1. The standard InChI is InChI=1S/C17H16BrN3O2/c1-3-11-8-13(20-9-12-5-4-6-22-12)17-16(21-11)15(18)14(23-17)7-10(2)19/h1,4-6,8,10H,7,9,19H2,2H3,(H,20,21)/t10-/m0/s1. The zero-order valence-electron chi connectivity index (χ0n) is 12.6. The number of furan rings is 2. The highest BCUT2D eigenvalue weighted by Crippen LogP contribution is 2.35. The molecule has 0 radical (unpaired) electrons. The van der Waals surface area contributed by atoms with Crippen molar-refractivity contribution < 1.29 is 8.83 Å². The van der Waals surface area contributed by atoms with Crippen LogP contribution >= 0.6 is 15.9 Å². The number of hydrogen-bond donors (Lipinski definition) is 2. The number of nitrogens with zero attached hydrogens (tertiary/aromatic N) is 1. The van der Waals surface area contributed by atoms with Gasteiger partial charge in [0, 0.05) is 12.5 Å². The van der Waals surface area contributed by atoms with Gasteiger partial charge >= 0.3 is 0 Å². The number of aromatic nitrogens is 1.